The third-order valence-corrected chi connectivity index (χ3v) is 31.3. The van der Waals surface area contributed by atoms with Crippen LogP contribution in [-0.4, -0.2) is 128 Å². The van der Waals surface area contributed by atoms with E-state index in [1.165, 1.54) is 0 Å². The normalized spacial score (nSPS) is 44.9. The number of sulfonamides is 4. The zero-order valence-electron chi connectivity index (χ0n) is 47.4. The van der Waals surface area contributed by atoms with Crippen LogP contribution >= 0.6 is 0 Å². The molecule has 20 nitrogen and oxygen atoms in total. The molecule has 80 heavy (non-hydrogen) atoms. The molecule has 12 unspecified atom stereocenters. The van der Waals surface area contributed by atoms with Gasteiger partial charge in [0.15, 0.2) is 0 Å². The summed E-state index contributed by atoms with van der Waals surface area (Å²) in [6, 6.07) is -0.339. The van der Waals surface area contributed by atoms with Crippen LogP contribution in [0.3, 0.4) is 0 Å². The Morgan fingerprint density at radius 2 is 0.400 bits per heavy atom. The molecule has 0 aromatic heterocycles. The van der Waals surface area contributed by atoms with Crippen LogP contribution in [0.2, 0.25) is 0 Å². The Balaban J connectivity index is 0.888. The van der Waals surface area contributed by atoms with Gasteiger partial charge < -0.3 is 0 Å². The minimum Gasteiger partial charge on any atom is -0.286 e. The largest absolute Gasteiger partial charge is 0.286 e. The second-order valence-electron chi connectivity index (χ2n) is 28.0. The molecule has 0 radical (unpaired) electrons. The van der Waals surface area contributed by atoms with Crippen molar-refractivity contribution in [3.8, 4) is 0 Å². The van der Waals surface area contributed by atoms with Crippen LogP contribution < -0.4 is 61.4 Å². The molecule has 13 aliphatic rings. The van der Waals surface area contributed by atoms with Gasteiger partial charge >= 0.3 is 0 Å². The van der Waals surface area contributed by atoms with E-state index in [4.69, 9.17) is 0 Å². The van der Waals surface area contributed by atoms with Gasteiger partial charge in [0.25, 0.3) is 0 Å². The van der Waals surface area contributed by atoms with Crippen LogP contribution in [-0.2, 0) is 40.1 Å². The van der Waals surface area contributed by atoms with Gasteiger partial charge in [0, 0.05) is 47.8 Å². The van der Waals surface area contributed by atoms with E-state index in [0.717, 1.165) is 180 Å². The lowest BCUT2D eigenvalue weighted by molar-refractivity contribution is 0.169. The smallest absolute Gasteiger partial charge is 0.215 e. The van der Waals surface area contributed by atoms with Gasteiger partial charge in [-0.2, -0.15) is 0 Å². The first-order valence-corrected chi connectivity index (χ1v) is 38.9. The van der Waals surface area contributed by atoms with E-state index in [2.05, 4.69) is 61.4 Å². The first-order valence-electron chi connectivity index (χ1n) is 32.7. The SMILES string of the molecule is O=S(=O)(NC1CCCCC1)C1CCCC2C3NC(NC4NC(NC5NC(NC6NC(N3)C3C6CCCC3S(=O)(=O)NC3CCCCC3)C3C5CCCC3S(=O)(=O)NC3CCCCC3)C3C4CCCC3S(=O)(=O)NC3CCCCC3)C21. The predicted molar refractivity (Wildman–Crippen MR) is 310 cm³/mol. The van der Waals surface area contributed by atoms with E-state index < -0.39 is 85.8 Å². The van der Waals surface area contributed by atoms with Crippen LogP contribution in [0.4, 0.5) is 0 Å². The predicted octanol–water partition coefficient (Wildman–Crippen LogP) is 3.53. The molecule has 456 valence electrons. The fourth-order valence-corrected chi connectivity index (χ4v) is 28.2. The van der Waals surface area contributed by atoms with Crippen molar-refractivity contribution in [3.63, 3.8) is 0 Å². The van der Waals surface area contributed by atoms with Crippen molar-refractivity contribution >= 4 is 40.1 Å². The maximum atomic E-state index is 15.1. The molecule has 5 aliphatic heterocycles. The maximum Gasteiger partial charge on any atom is 0.215 e. The van der Waals surface area contributed by atoms with Gasteiger partial charge in [0.2, 0.25) is 40.1 Å². The highest BCUT2D eigenvalue weighted by Crippen LogP contribution is 2.49. The van der Waals surface area contributed by atoms with E-state index in [-0.39, 0.29) is 96.2 Å². The Hall–Kier alpha value is -0.680. The highest BCUT2D eigenvalue weighted by Gasteiger charge is 2.62. The fraction of sp³-hybridized carbons (Fsp3) is 1.00. The Kier molecular flexibility index (Phi) is 17.6. The summed E-state index contributed by atoms with van der Waals surface area (Å²) in [7, 11) is -15.2. The summed E-state index contributed by atoms with van der Waals surface area (Å²) in [5, 5.41) is 29.6. The molecule has 0 amide bonds. The van der Waals surface area contributed by atoms with Crippen LogP contribution in [0, 0.1) is 47.3 Å². The lowest BCUT2D eigenvalue weighted by Gasteiger charge is -2.41. The van der Waals surface area contributed by atoms with Crippen LogP contribution in [0.1, 0.15) is 205 Å². The van der Waals surface area contributed by atoms with Gasteiger partial charge in [0.05, 0.1) is 70.3 Å². The van der Waals surface area contributed by atoms with Crippen molar-refractivity contribution in [3.05, 3.63) is 0 Å². The van der Waals surface area contributed by atoms with E-state index >= 15 is 33.7 Å². The van der Waals surface area contributed by atoms with Crippen molar-refractivity contribution in [2.24, 2.45) is 47.3 Å². The molecule has 0 aromatic carbocycles. The van der Waals surface area contributed by atoms with Crippen molar-refractivity contribution in [2.75, 3.05) is 0 Å². The fourth-order valence-electron chi connectivity index (χ4n) is 19.7. The van der Waals surface area contributed by atoms with Crippen molar-refractivity contribution in [1.29, 1.82) is 0 Å². The van der Waals surface area contributed by atoms with Crippen molar-refractivity contribution < 1.29 is 33.7 Å². The number of fused-ring (bicyclic) bond motifs is 20. The zero-order valence-corrected chi connectivity index (χ0v) is 50.6. The summed E-state index contributed by atoms with van der Waals surface area (Å²) in [6.45, 7) is 0. The van der Waals surface area contributed by atoms with Gasteiger partial charge in [-0.15, -0.1) is 0 Å². The number of nitrogens with one attached hydrogen (secondary N) is 12. The molecule has 13 fully saturated rings. The van der Waals surface area contributed by atoms with Crippen molar-refractivity contribution in [2.45, 2.75) is 300 Å². The summed E-state index contributed by atoms with van der Waals surface area (Å²) in [6.07, 6.45) is 24.1. The second-order valence-corrected chi connectivity index (χ2v) is 35.7. The molecule has 12 atom stereocenters. The average Bonchev–Trinajstić information content (AvgIpc) is 4.22. The molecule has 8 saturated carbocycles. The molecular weight excluding hydrogens is 1100 g/mol. The molecule has 24 heteroatoms. The van der Waals surface area contributed by atoms with Crippen LogP contribution in [0.25, 0.3) is 0 Å². The van der Waals surface area contributed by atoms with E-state index in [1.54, 1.807) is 0 Å². The Morgan fingerprint density at radius 1 is 0.212 bits per heavy atom. The minimum atomic E-state index is -3.79. The lowest BCUT2D eigenvalue weighted by atomic mass is 9.76. The Labute approximate surface area is 479 Å². The van der Waals surface area contributed by atoms with Crippen LogP contribution in [0.5, 0.6) is 0 Å². The van der Waals surface area contributed by atoms with Gasteiger partial charge in [-0.1, -0.05) is 103 Å². The van der Waals surface area contributed by atoms with E-state index in [0.29, 0.717) is 25.7 Å². The van der Waals surface area contributed by atoms with Gasteiger partial charge in [-0.25, -0.2) is 52.6 Å². The standard InChI is InChI=1S/C56H100N12O8S4/c69-77(70,65-33-17-5-1-6-18-33)41-29-13-25-37-45(41)53-57-49(37)62-54-47-39(27-15-31-43(47)79(73,74)67-35-21-9-3-10-22-35)51(59-54)64-56-48-40(28-16-32-44(48)80(75,76)68-36-23-11-4-12-24-36)52(60-56)63-55-46-38(50(58-55)61-53)26-14-30-42(46)78(71,72)66-34-19-7-2-8-20-34/h33-68H,1-32H2. The summed E-state index contributed by atoms with van der Waals surface area (Å²) < 4.78 is 133. The molecule has 13 rings (SSSR count). The molecule has 8 aliphatic carbocycles. The third kappa shape index (κ3) is 11.8. The van der Waals surface area contributed by atoms with E-state index in [1.807, 2.05) is 0 Å². The molecular formula is C56H100N12O8S4. The topological polar surface area (TPSA) is 281 Å². The molecule has 12 N–H and O–H groups in total. The van der Waals surface area contributed by atoms with Gasteiger partial charge in [-0.3, -0.25) is 42.5 Å². The Morgan fingerprint density at radius 3 is 0.588 bits per heavy atom. The average molecular weight is 1200 g/mol. The summed E-state index contributed by atoms with van der Waals surface area (Å²) in [4.78, 5) is 0. The first-order chi connectivity index (χ1) is 38.6. The highest BCUT2D eigenvalue weighted by atomic mass is 32.2. The first kappa shape index (κ1) is 58.3. The van der Waals surface area contributed by atoms with Crippen molar-refractivity contribution in [1.82, 2.24) is 61.4 Å². The van der Waals surface area contributed by atoms with Crippen LogP contribution in [0.15, 0.2) is 0 Å². The second kappa shape index (κ2) is 24.1. The molecule has 5 saturated heterocycles. The summed E-state index contributed by atoms with van der Waals surface area (Å²) in [5.74, 6) is -1.84. The summed E-state index contributed by atoms with van der Waals surface area (Å²) >= 11 is 0. The third-order valence-electron chi connectivity index (χ3n) is 23.3. The van der Waals surface area contributed by atoms with Gasteiger partial charge in [-0.05, 0) is 126 Å². The lowest BCUT2D eigenvalue weighted by Crippen LogP contribution is -2.62. The number of rotatable bonds is 12. The monoisotopic (exact) mass is 1200 g/mol. The molecule has 0 spiro atoms. The zero-order chi connectivity index (χ0) is 55.0. The quantitative estimate of drug-likeness (QED) is 0.133. The van der Waals surface area contributed by atoms with Gasteiger partial charge in [0.1, 0.15) is 0 Å². The molecule has 0 aromatic rings. The molecule has 8 bridgehead atoms. The highest BCUT2D eigenvalue weighted by molar-refractivity contribution is 7.91. The number of hydrogen-bond acceptors (Lipinski definition) is 16. The van der Waals surface area contributed by atoms with E-state index in [9.17, 15) is 0 Å². The Bertz CT molecular complexity index is 2250. The minimum absolute atomic E-state index is 0.0848. The summed E-state index contributed by atoms with van der Waals surface area (Å²) in [5.41, 5.74) is 0. The number of hydrogen-bond donors (Lipinski definition) is 12. The molecule has 5 heterocycles. The maximum absolute atomic E-state index is 15.1.